The summed E-state index contributed by atoms with van der Waals surface area (Å²) in [5.74, 6) is 1.06. The van der Waals surface area contributed by atoms with Crippen molar-refractivity contribution in [3.63, 3.8) is 0 Å². The summed E-state index contributed by atoms with van der Waals surface area (Å²) in [7, 11) is 0. The van der Waals surface area contributed by atoms with E-state index in [4.69, 9.17) is 4.74 Å². The Bertz CT molecular complexity index is 366. The van der Waals surface area contributed by atoms with Gasteiger partial charge in [-0.2, -0.15) is 0 Å². The van der Waals surface area contributed by atoms with Gasteiger partial charge in [-0.25, -0.2) is 0 Å². The maximum atomic E-state index is 6.00. The first-order valence-corrected chi connectivity index (χ1v) is 6.86. The Morgan fingerprint density at radius 1 is 1.22 bits per heavy atom. The van der Waals surface area contributed by atoms with Crippen LogP contribution < -0.4 is 10.1 Å². The maximum Gasteiger partial charge on any atom is 0.126 e. The van der Waals surface area contributed by atoms with Crippen molar-refractivity contribution in [1.29, 1.82) is 0 Å². The second-order valence-corrected chi connectivity index (χ2v) is 6.00. The van der Waals surface area contributed by atoms with Crippen LogP contribution in [0.15, 0.2) is 18.2 Å². The molecule has 0 atom stereocenters. The van der Waals surface area contributed by atoms with Gasteiger partial charge in [0.15, 0.2) is 0 Å². The third kappa shape index (κ3) is 5.09. The zero-order valence-corrected chi connectivity index (χ0v) is 12.5. The van der Waals surface area contributed by atoms with Crippen molar-refractivity contribution in [2.75, 3.05) is 13.2 Å². The molecule has 18 heavy (non-hydrogen) atoms. The first-order chi connectivity index (χ1) is 8.44. The number of aryl methyl sites for hydroxylation is 1. The highest BCUT2D eigenvalue weighted by atomic mass is 16.5. The molecule has 0 aliphatic rings. The number of benzene rings is 1. The van der Waals surface area contributed by atoms with E-state index >= 15 is 0 Å². The Hall–Kier alpha value is -1.02. The molecule has 0 aliphatic heterocycles. The average Bonchev–Trinajstić information content (AvgIpc) is 2.27. The van der Waals surface area contributed by atoms with Gasteiger partial charge >= 0.3 is 0 Å². The van der Waals surface area contributed by atoms with Gasteiger partial charge in [0.05, 0.1) is 6.61 Å². The third-order valence-corrected chi connectivity index (χ3v) is 2.96. The van der Waals surface area contributed by atoms with Gasteiger partial charge in [-0.1, -0.05) is 45.9 Å². The molecule has 1 N–H and O–H groups in total. The fourth-order valence-corrected chi connectivity index (χ4v) is 1.78. The lowest BCUT2D eigenvalue weighted by molar-refractivity contribution is 0.240. The van der Waals surface area contributed by atoms with E-state index in [-0.39, 0.29) is 0 Å². The lowest BCUT2D eigenvalue weighted by Gasteiger charge is -2.20. The second-order valence-electron chi connectivity index (χ2n) is 6.00. The van der Waals surface area contributed by atoms with Crippen LogP contribution in [0.3, 0.4) is 0 Å². The van der Waals surface area contributed by atoms with Crippen LogP contribution in [-0.4, -0.2) is 13.2 Å². The minimum atomic E-state index is 0.324. The topological polar surface area (TPSA) is 21.3 Å². The molecule has 0 saturated heterocycles. The van der Waals surface area contributed by atoms with Crippen LogP contribution in [0.1, 0.15) is 45.2 Å². The molecule has 102 valence electrons. The molecule has 1 aromatic rings. The number of rotatable bonds is 6. The Kier molecular flexibility index (Phi) is 5.67. The third-order valence-electron chi connectivity index (χ3n) is 2.96. The highest BCUT2D eigenvalue weighted by Crippen LogP contribution is 2.25. The van der Waals surface area contributed by atoms with Gasteiger partial charge in [0.2, 0.25) is 0 Å². The minimum absolute atomic E-state index is 0.324. The molecule has 0 bridgehead atoms. The second kappa shape index (κ2) is 6.79. The molecule has 1 rings (SSSR count). The highest BCUT2D eigenvalue weighted by Gasteiger charge is 2.12. The van der Waals surface area contributed by atoms with Gasteiger partial charge in [0.1, 0.15) is 5.75 Å². The molecule has 0 aliphatic carbocycles. The number of hydrogen-bond acceptors (Lipinski definition) is 2. The predicted molar refractivity (Wildman–Crippen MR) is 78.1 cm³/mol. The van der Waals surface area contributed by atoms with E-state index in [9.17, 15) is 0 Å². The van der Waals surface area contributed by atoms with Gasteiger partial charge in [-0.15, -0.1) is 0 Å². The normalized spacial score (nSPS) is 11.6. The zero-order valence-electron chi connectivity index (χ0n) is 12.5. The zero-order chi connectivity index (χ0) is 13.6. The summed E-state index contributed by atoms with van der Waals surface area (Å²) in [6.07, 6.45) is 1.07. The van der Waals surface area contributed by atoms with Crippen LogP contribution >= 0.6 is 0 Å². The van der Waals surface area contributed by atoms with Crippen LogP contribution in [0.4, 0.5) is 0 Å². The Morgan fingerprint density at radius 2 is 1.94 bits per heavy atom. The molecule has 0 unspecified atom stereocenters. The molecule has 0 fully saturated rings. The van der Waals surface area contributed by atoms with Crippen molar-refractivity contribution in [2.45, 2.75) is 47.6 Å². The fourth-order valence-electron chi connectivity index (χ4n) is 1.78. The average molecular weight is 249 g/mol. The van der Waals surface area contributed by atoms with Crippen LogP contribution in [-0.2, 0) is 6.54 Å². The summed E-state index contributed by atoms with van der Waals surface area (Å²) < 4.78 is 6.00. The Balaban J connectivity index is 2.67. The summed E-state index contributed by atoms with van der Waals surface area (Å²) in [6.45, 7) is 13.6. The summed E-state index contributed by atoms with van der Waals surface area (Å²) in [4.78, 5) is 0. The monoisotopic (exact) mass is 249 g/mol. The molecule has 1 aromatic carbocycles. The molecule has 0 radical (unpaired) electrons. The van der Waals surface area contributed by atoms with Crippen molar-refractivity contribution in [3.8, 4) is 5.75 Å². The van der Waals surface area contributed by atoms with Crippen LogP contribution in [0.2, 0.25) is 0 Å². The van der Waals surface area contributed by atoms with Crippen LogP contribution in [0, 0.1) is 12.3 Å². The molecule has 0 heterocycles. The molecule has 2 nitrogen and oxygen atoms in total. The molecular formula is C16H27NO. The van der Waals surface area contributed by atoms with E-state index in [0.29, 0.717) is 5.41 Å². The number of para-hydroxylation sites is 1. The lowest BCUT2D eigenvalue weighted by atomic mass is 9.93. The van der Waals surface area contributed by atoms with E-state index < -0.39 is 0 Å². The first-order valence-electron chi connectivity index (χ1n) is 6.86. The molecule has 2 heteroatoms. The minimum Gasteiger partial charge on any atom is -0.493 e. The molecule has 0 saturated carbocycles. The van der Waals surface area contributed by atoms with E-state index in [1.807, 2.05) is 0 Å². The van der Waals surface area contributed by atoms with Crippen molar-refractivity contribution in [1.82, 2.24) is 5.32 Å². The van der Waals surface area contributed by atoms with Crippen LogP contribution in [0.25, 0.3) is 0 Å². The lowest BCUT2D eigenvalue weighted by Crippen LogP contribution is -2.15. The van der Waals surface area contributed by atoms with E-state index in [0.717, 1.165) is 31.9 Å². The summed E-state index contributed by atoms with van der Waals surface area (Å²) in [5.41, 5.74) is 2.80. The van der Waals surface area contributed by atoms with E-state index in [1.165, 1.54) is 11.1 Å². The molecule has 0 aromatic heterocycles. The van der Waals surface area contributed by atoms with Crippen molar-refractivity contribution >= 4 is 0 Å². The fraction of sp³-hybridized carbons (Fsp3) is 0.625. The van der Waals surface area contributed by atoms with Crippen molar-refractivity contribution in [3.05, 3.63) is 29.3 Å². The van der Waals surface area contributed by atoms with E-state index in [1.54, 1.807) is 0 Å². The van der Waals surface area contributed by atoms with Gasteiger partial charge < -0.3 is 10.1 Å². The van der Waals surface area contributed by atoms with Gasteiger partial charge in [0.25, 0.3) is 0 Å². The molecule has 0 amide bonds. The summed E-state index contributed by atoms with van der Waals surface area (Å²) in [6, 6.07) is 6.35. The largest absolute Gasteiger partial charge is 0.493 e. The number of nitrogens with one attached hydrogen (secondary N) is 1. The Morgan fingerprint density at radius 3 is 2.56 bits per heavy atom. The van der Waals surface area contributed by atoms with Gasteiger partial charge in [-0.3, -0.25) is 0 Å². The summed E-state index contributed by atoms with van der Waals surface area (Å²) >= 11 is 0. The SMILES string of the molecule is CCNCc1cccc(C)c1OCCC(C)(C)C. The van der Waals surface area contributed by atoms with Crippen molar-refractivity contribution < 1.29 is 4.74 Å². The first kappa shape index (κ1) is 15.0. The maximum absolute atomic E-state index is 6.00. The quantitative estimate of drug-likeness (QED) is 0.825. The number of ether oxygens (including phenoxy) is 1. The molecular weight excluding hydrogens is 222 g/mol. The van der Waals surface area contributed by atoms with Crippen LogP contribution in [0.5, 0.6) is 5.75 Å². The Labute approximate surface area is 112 Å². The standard InChI is InChI=1S/C16H27NO/c1-6-17-12-14-9-7-8-13(2)15(14)18-11-10-16(3,4)5/h7-9,17H,6,10-12H2,1-5H3. The predicted octanol–water partition coefficient (Wildman–Crippen LogP) is 3.92. The number of hydrogen-bond donors (Lipinski definition) is 1. The molecule has 0 spiro atoms. The highest BCUT2D eigenvalue weighted by molar-refractivity contribution is 5.40. The van der Waals surface area contributed by atoms with E-state index in [2.05, 4.69) is 58.1 Å². The smallest absolute Gasteiger partial charge is 0.126 e. The van der Waals surface area contributed by atoms with Crippen molar-refractivity contribution in [2.24, 2.45) is 5.41 Å². The van der Waals surface area contributed by atoms with Gasteiger partial charge in [-0.05, 0) is 30.9 Å². The van der Waals surface area contributed by atoms with Gasteiger partial charge in [0, 0.05) is 12.1 Å². The summed E-state index contributed by atoms with van der Waals surface area (Å²) in [5, 5.41) is 3.36.